The Bertz CT molecular complexity index is 636. The second-order valence-corrected chi connectivity index (χ2v) is 4.17. The highest BCUT2D eigenvalue weighted by atomic mass is 35.5. The molecule has 1 aromatic carbocycles. The lowest BCUT2D eigenvalue weighted by molar-refractivity contribution is -0.389. The number of carboxylic acid groups (broad SMARTS) is 1. The van der Waals surface area contributed by atoms with E-state index in [1.807, 2.05) is 0 Å². The van der Waals surface area contributed by atoms with Crippen LogP contribution in [0.2, 0.25) is 5.02 Å². The fraction of sp³-hybridized carbons (Fsp3) is 0.0909. The van der Waals surface area contributed by atoms with Crippen molar-refractivity contribution in [1.82, 2.24) is 9.78 Å². The fourth-order valence-corrected chi connectivity index (χ4v) is 1.67. The first-order valence-corrected chi connectivity index (χ1v) is 5.55. The quantitative estimate of drug-likeness (QED) is 0.684. The topological polar surface area (TPSA) is 98.3 Å². The third kappa shape index (κ3) is 2.89. The highest BCUT2D eigenvalue weighted by molar-refractivity contribution is 6.30. The molecule has 1 N–H and O–H groups in total. The number of carboxylic acids is 1. The normalized spacial score (nSPS) is 10.4. The van der Waals surface area contributed by atoms with Crippen molar-refractivity contribution in [3.63, 3.8) is 0 Å². The van der Waals surface area contributed by atoms with Gasteiger partial charge in [-0.05, 0) is 22.6 Å². The average molecular weight is 282 g/mol. The summed E-state index contributed by atoms with van der Waals surface area (Å²) in [6.45, 7) is 0.118. The highest BCUT2D eigenvalue weighted by Gasteiger charge is 2.22. The average Bonchev–Trinajstić information content (AvgIpc) is 2.76. The summed E-state index contributed by atoms with van der Waals surface area (Å²) in [5.74, 6) is -1.76. The van der Waals surface area contributed by atoms with E-state index >= 15 is 0 Å². The van der Waals surface area contributed by atoms with Gasteiger partial charge < -0.3 is 15.2 Å². The van der Waals surface area contributed by atoms with Gasteiger partial charge in [-0.15, -0.1) is 0 Å². The van der Waals surface area contributed by atoms with E-state index in [1.54, 1.807) is 24.3 Å². The summed E-state index contributed by atoms with van der Waals surface area (Å²) < 4.78 is 1.07. The first-order chi connectivity index (χ1) is 8.97. The minimum atomic E-state index is -1.27. The van der Waals surface area contributed by atoms with E-state index in [0.29, 0.717) is 5.02 Å². The van der Waals surface area contributed by atoms with Crippen LogP contribution < -0.4 is 0 Å². The van der Waals surface area contributed by atoms with E-state index in [1.165, 1.54) is 0 Å². The van der Waals surface area contributed by atoms with E-state index in [2.05, 4.69) is 5.10 Å². The molecular formula is C11H8ClN3O4. The van der Waals surface area contributed by atoms with E-state index in [-0.39, 0.29) is 12.2 Å². The van der Waals surface area contributed by atoms with Gasteiger partial charge in [0.15, 0.2) is 5.69 Å². The number of benzene rings is 1. The molecule has 8 heteroatoms. The van der Waals surface area contributed by atoms with Crippen molar-refractivity contribution in [2.45, 2.75) is 6.54 Å². The molecule has 0 aliphatic heterocycles. The van der Waals surface area contributed by atoms with Crippen molar-refractivity contribution in [1.29, 1.82) is 0 Å². The number of aromatic nitrogens is 2. The number of nitrogens with zero attached hydrogens (tertiary/aromatic N) is 3. The maximum Gasteiger partial charge on any atom is 0.390 e. The zero-order chi connectivity index (χ0) is 14.0. The van der Waals surface area contributed by atoms with Crippen molar-refractivity contribution in [3.8, 4) is 0 Å². The van der Waals surface area contributed by atoms with Gasteiger partial charge >= 0.3 is 11.8 Å². The Labute approximate surface area is 112 Å². The maximum absolute atomic E-state index is 11.0. The van der Waals surface area contributed by atoms with Gasteiger partial charge in [-0.25, -0.2) is 4.79 Å². The Morgan fingerprint density at radius 1 is 1.42 bits per heavy atom. The van der Waals surface area contributed by atoms with Crippen LogP contribution in [0, 0.1) is 10.1 Å². The number of carbonyl (C=O) groups is 1. The van der Waals surface area contributed by atoms with Gasteiger partial charge in [0.2, 0.25) is 0 Å². The first kappa shape index (κ1) is 13.0. The molecule has 2 aromatic rings. The van der Waals surface area contributed by atoms with Crippen LogP contribution in [0.1, 0.15) is 16.1 Å². The Hall–Kier alpha value is -2.41. The SMILES string of the molecule is O=C(O)c1cc([N+](=O)[O-])nn1Cc1ccc(Cl)cc1. The summed E-state index contributed by atoms with van der Waals surface area (Å²) in [5, 5.41) is 23.8. The van der Waals surface area contributed by atoms with Crippen LogP contribution >= 0.6 is 11.6 Å². The molecule has 0 bridgehead atoms. The Morgan fingerprint density at radius 3 is 2.58 bits per heavy atom. The molecule has 0 spiro atoms. The van der Waals surface area contributed by atoms with Crippen molar-refractivity contribution >= 4 is 23.4 Å². The molecule has 0 atom stereocenters. The molecule has 0 aliphatic carbocycles. The number of aromatic carboxylic acids is 1. The van der Waals surface area contributed by atoms with Gasteiger partial charge in [-0.2, -0.15) is 4.68 Å². The molecule has 2 rings (SSSR count). The third-order valence-electron chi connectivity index (χ3n) is 2.42. The largest absolute Gasteiger partial charge is 0.476 e. The third-order valence-corrected chi connectivity index (χ3v) is 2.67. The number of rotatable bonds is 4. The van der Waals surface area contributed by atoms with E-state index < -0.39 is 16.7 Å². The standard InChI is InChI=1S/C11H8ClN3O4/c12-8-3-1-7(2-4-8)6-14-9(11(16)17)5-10(13-14)15(18)19/h1-5H,6H2,(H,16,17). The maximum atomic E-state index is 11.0. The van der Waals surface area contributed by atoms with Gasteiger partial charge in [0, 0.05) is 5.02 Å². The lowest BCUT2D eigenvalue weighted by atomic mass is 10.2. The fourth-order valence-electron chi connectivity index (χ4n) is 1.55. The molecule has 98 valence electrons. The second kappa shape index (κ2) is 5.07. The predicted molar refractivity (Wildman–Crippen MR) is 66.4 cm³/mol. The molecular weight excluding hydrogens is 274 g/mol. The summed E-state index contributed by atoms with van der Waals surface area (Å²) in [7, 11) is 0. The summed E-state index contributed by atoms with van der Waals surface area (Å²) in [4.78, 5) is 20.9. The van der Waals surface area contributed by atoms with Crippen molar-refractivity contribution in [3.05, 3.63) is 56.7 Å². The van der Waals surface area contributed by atoms with E-state index in [9.17, 15) is 14.9 Å². The monoisotopic (exact) mass is 281 g/mol. The summed E-state index contributed by atoms with van der Waals surface area (Å²) in [5.41, 5.74) is 0.506. The lowest BCUT2D eigenvalue weighted by Crippen LogP contribution is -2.10. The van der Waals surface area contributed by atoms with Gasteiger partial charge in [-0.3, -0.25) is 0 Å². The number of halogens is 1. The number of nitro groups is 1. The van der Waals surface area contributed by atoms with Gasteiger partial charge in [0.25, 0.3) is 0 Å². The molecule has 19 heavy (non-hydrogen) atoms. The number of hydrogen-bond acceptors (Lipinski definition) is 4. The minimum absolute atomic E-state index is 0.118. The lowest BCUT2D eigenvalue weighted by Gasteiger charge is -2.00. The van der Waals surface area contributed by atoms with Crippen LogP contribution in [0.4, 0.5) is 5.82 Å². The van der Waals surface area contributed by atoms with Gasteiger partial charge in [-0.1, -0.05) is 23.7 Å². The molecule has 0 amide bonds. The van der Waals surface area contributed by atoms with Crippen molar-refractivity contribution < 1.29 is 14.8 Å². The van der Waals surface area contributed by atoms with Crippen molar-refractivity contribution in [2.24, 2.45) is 0 Å². The van der Waals surface area contributed by atoms with Crippen LogP contribution in [-0.2, 0) is 6.54 Å². The zero-order valence-electron chi connectivity index (χ0n) is 9.49. The smallest absolute Gasteiger partial charge is 0.390 e. The van der Waals surface area contributed by atoms with E-state index in [4.69, 9.17) is 16.7 Å². The van der Waals surface area contributed by atoms with Crippen LogP contribution in [-0.4, -0.2) is 25.8 Å². The van der Waals surface area contributed by atoms with Gasteiger partial charge in [0.05, 0.1) is 17.7 Å². The van der Waals surface area contributed by atoms with Gasteiger partial charge in [0.1, 0.15) is 0 Å². The Morgan fingerprint density at radius 2 is 2.05 bits per heavy atom. The molecule has 1 heterocycles. The van der Waals surface area contributed by atoms with E-state index in [0.717, 1.165) is 16.3 Å². The van der Waals surface area contributed by atoms with Crippen LogP contribution in [0.15, 0.2) is 30.3 Å². The summed E-state index contributed by atoms with van der Waals surface area (Å²) in [6.07, 6.45) is 0. The predicted octanol–water partition coefficient (Wildman–Crippen LogP) is 2.19. The molecule has 0 saturated heterocycles. The van der Waals surface area contributed by atoms with Crippen LogP contribution in [0.3, 0.4) is 0 Å². The molecule has 0 radical (unpaired) electrons. The van der Waals surface area contributed by atoms with Crippen molar-refractivity contribution in [2.75, 3.05) is 0 Å². The Balaban J connectivity index is 2.35. The Kier molecular flexibility index (Phi) is 3.48. The molecule has 0 saturated carbocycles. The second-order valence-electron chi connectivity index (χ2n) is 3.73. The minimum Gasteiger partial charge on any atom is -0.476 e. The number of hydrogen-bond donors (Lipinski definition) is 1. The zero-order valence-corrected chi connectivity index (χ0v) is 10.2. The van der Waals surface area contributed by atoms with Crippen LogP contribution in [0.5, 0.6) is 0 Å². The molecule has 0 aliphatic rings. The summed E-state index contributed by atoms with van der Waals surface area (Å²) in [6, 6.07) is 7.62. The molecule has 0 fully saturated rings. The summed E-state index contributed by atoms with van der Waals surface area (Å²) >= 11 is 5.74. The first-order valence-electron chi connectivity index (χ1n) is 5.17. The highest BCUT2D eigenvalue weighted by Crippen LogP contribution is 2.15. The molecule has 7 nitrogen and oxygen atoms in total. The van der Waals surface area contributed by atoms with Crippen LogP contribution in [0.25, 0.3) is 0 Å². The molecule has 1 aromatic heterocycles. The molecule has 0 unspecified atom stereocenters.